The van der Waals surface area contributed by atoms with Gasteiger partial charge in [-0.3, -0.25) is 9.59 Å². The fraction of sp³-hybridized carbons (Fsp3) is 0.600. The Bertz CT molecular complexity index is 785. The van der Waals surface area contributed by atoms with Crippen molar-refractivity contribution in [3.8, 4) is 0 Å². The van der Waals surface area contributed by atoms with Gasteiger partial charge in [0.25, 0.3) is 11.8 Å². The number of primary amides is 1. The number of amides is 2. The first kappa shape index (κ1) is 16.2. The van der Waals surface area contributed by atoms with Crippen molar-refractivity contribution in [1.82, 2.24) is 4.90 Å². The summed E-state index contributed by atoms with van der Waals surface area (Å²) >= 11 is 0. The first-order chi connectivity index (χ1) is 12.3. The number of benzene rings is 1. The molecule has 2 amide bonds. The summed E-state index contributed by atoms with van der Waals surface area (Å²) in [7, 11) is 0. The molecule has 5 aliphatic rings. The molecule has 0 spiro atoms. The Labute approximate surface area is 150 Å². The first-order valence-corrected chi connectivity index (χ1v) is 9.37. The third-order valence-corrected chi connectivity index (χ3v) is 7.40. The summed E-state index contributed by atoms with van der Waals surface area (Å²) < 4.78 is 26.4. The minimum absolute atomic E-state index is 0.168. The molecule has 4 saturated carbocycles. The fourth-order valence-corrected chi connectivity index (χ4v) is 6.45. The highest BCUT2D eigenvalue weighted by Gasteiger charge is 2.64. The van der Waals surface area contributed by atoms with Gasteiger partial charge in [0.1, 0.15) is 0 Å². The zero-order valence-electron chi connectivity index (χ0n) is 14.5. The molecule has 5 fully saturated rings. The second-order valence-corrected chi connectivity index (χ2v) is 8.75. The van der Waals surface area contributed by atoms with Crippen LogP contribution in [0.3, 0.4) is 0 Å². The number of carbonyl (C=O) groups excluding carboxylic acids is 2. The first-order valence-electron chi connectivity index (χ1n) is 9.37. The average molecular weight is 360 g/mol. The van der Waals surface area contributed by atoms with E-state index in [0.717, 1.165) is 31.2 Å². The van der Waals surface area contributed by atoms with Crippen LogP contribution in [0, 0.1) is 23.2 Å². The topological polar surface area (TPSA) is 63.4 Å². The van der Waals surface area contributed by atoms with E-state index in [9.17, 15) is 18.4 Å². The highest BCUT2D eigenvalue weighted by atomic mass is 19.3. The van der Waals surface area contributed by atoms with Crippen molar-refractivity contribution < 1.29 is 18.4 Å². The molecular weight excluding hydrogens is 338 g/mol. The van der Waals surface area contributed by atoms with E-state index in [1.807, 2.05) is 12.1 Å². The molecule has 1 heterocycles. The van der Waals surface area contributed by atoms with Gasteiger partial charge in [0.15, 0.2) is 0 Å². The Balaban J connectivity index is 1.46. The molecule has 4 bridgehead atoms. The van der Waals surface area contributed by atoms with Gasteiger partial charge in [-0.1, -0.05) is 18.2 Å². The molecule has 1 aromatic carbocycles. The molecule has 0 radical (unpaired) electrons. The number of halogens is 2. The smallest absolute Gasteiger partial charge is 0.282 e. The Morgan fingerprint density at radius 1 is 1.08 bits per heavy atom. The normalized spacial score (nSPS) is 39.1. The molecule has 4 aliphatic carbocycles. The summed E-state index contributed by atoms with van der Waals surface area (Å²) in [6.07, 6.45) is 3.57. The highest BCUT2D eigenvalue weighted by Crippen LogP contribution is 2.69. The number of alkyl halides is 2. The molecule has 1 saturated heterocycles. The minimum Gasteiger partial charge on any atom is -0.369 e. The largest absolute Gasteiger partial charge is 0.369 e. The molecule has 138 valence electrons. The molecule has 1 aromatic rings. The number of likely N-dealkylation sites (tertiary alicyclic amines) is 1. The quantitative estimate of drug-likeness (QED) is 0.901. The van der Waals surface area contributed by atoms with Crippen LogP contribution in [-0.4, -0.2) is 35.7 Å². The predicted octanol–water partition coefficient (Wildman–Crippen LogP) is 2.78. The van der Waals surface area contributed by atoms with Crippen LogP contribution < -0.4 is 5.73 Å². The van der Waals surface area contributed by atoms with Gasteiger partial charge in [0.2, 0.25) is 5.91 Å². The third-order valence-electron chi connectivity index (χ3n) is 7.40. The number of nitrogens with two attached hydrogens (primary N) is 1. The lowest BCUT2D eigenvalue weighted by Crippen LogP contribution is -2.58. The van der Waals surface area contributed by atoms with Crippen LogP contribution in [0.25, 0.3) is 0 Å². The zero-order valence-corrected chi connectivity index (χ0v) is 14.5. The number of carbonyl (C=O) groups is 2. The summed E-state index contributed by atoms with van der Waals surface area (Å²) in [4.78, 5) is 26.1. The Morgan fingerprint density at radius 3 is 2.23 bits per heavy atom. The van der Waals surface area contributed by atoms with Gasteiger partial charge in [-0.05, 0) is 61.0 Å². The Hall–Kier alpha value is -1.98. The number of hydrogen-bond donors (Lipinski definition) is 1. The van der Waals surface area contributed by atoms with E-state index in [4.69, 9.17) is 5.73 Å². The SMILES string of the molecule is NC(=O)C12CC3CC1CC(C2)C3c1ccccc1C(=O)N1CC(F)(F)C1. The van der Waals surface area contributed by atoms with Crippen LogP contribution >= 0.6 is 0 Å². The second kappa shape index (κ2) is 5.05. The number of hydrogen-bond acceptors (Lipinski definition) is 2. The van der Waals surface area contributed by atoms with Gasteiger partial charge in [-0.25, -0.2) is 8.78 Å². The van der Waals surface area contributed by atoms with E-state index >= 15 is 0 Å². The molecule has 1 aliphatic heterocycles. The maximum absolute atomic E-state index is 13.2. The summed E-state index contributed by atoms with van der Waals surface area (Å²) in [5.41, 5.74) is 6.92. The standard InChI is InChI=1S/C20H22F2N2O2/c21-20(22)9-24(10-20)17(25)15-4-2-1-3-14(15)16-11-5-13-6-12(16)8-19(13,7-11)18(23)26/h1-4,11-13,16H,5-10H2,(H2,23,26). The second-order valence-electron chi connectivity index (χ2n) is 8.75. The molecule has 4 nitrogen and oxygen atoms in total. The molecule has 2 N–H and O–H groups in total. The van der Waals surface area contributed by atoms with E-state index in [2.05, 4.69) is 0 Å². The van der Waals surface area contributed by atoms with Crippen molar-refractivity contribution in [2.75, 3.05) is 13.1 Å². The summed E-state index contributed by atoms with van der Waals surface area (Å²) in [5, 5.41) is 0. The van der Waals surface area contributed by atoms with E-state index in [0.29, 0.717) is 23.3 Å². The van der Waals surface area contributed by atoms with Crippen molar-refractivity contribution in [1.29, 1.82) is 0 Å². The lowest BCUT2D eigenvalue weighted by molar-refractivity contribution is -0.129. The van der Waals surface area contributed by atoms with Crippen molar-refractivity contribution in [2.24, 2.45) is 28.9 Å². The molecule has 0 aromatic heterocycles. The summed E-state index contributed by atoms with van der Waals surface area (Å²) in [6, 6.07) is 7.44. The van der Waals surface area contributed by atoms with Gasteiger partial charge in [-0.15, -0.1) is 0 Å². The molecule has 6 heteroatoms. The van der Waals surface area contributed by atoms with Crippen LogP contribution in [0.2, 0.25) is 0 Å². The van der Waals surface area contributed by atoms with Crippen LogP contribution in [0.5, 0.6) is 0 Å². The average Bonchev–Trinajstić information content (AvgIpc) is 3.01. The number of rotatable bonds is 3. The molecule has 2 unspecified atom stereocenters. The zero-order chi connectivity index (χ0) is 18.3. The maximum Gasteiger partial charge on any atom is 0.282 e. The van der Waals surface area contributed by atoms with E-state index in [1.54, 1.807) is 12.1 Å². The van der Waals surface area contributed by atoms with Crippen molar-refractivity contribution in [3.63, 3.8) is 0 Å². The number of nitrogens with zero attached hydrogens (tertiary/aromatic N) is 1. The van der Waals surface area contributed by atoms with Gasteiger partial charge in [0, 0.05) is 5.56 Å². The maximum atomic E-state index is 13.2. The van der Waals surface area contributed by atoms with E-state index < -0.39 is 19.0 Å². The summed E-state index contributed by atoms with van der Waals surface area (Å²) in [5.74, 6) is -1.92. The van der Waals surface area contributed by atoms with Gasteiger partial charge < -0.3 is 10.6 Å². The van der Waals surface area contributed by atoms with Crippen LogP contribution in [0.15, 0.2) is 24.3 Å². The lowest BCUT2D eigenvalue weighted by Gasteiger charge is -2.41. The third kappa shape index (κ3) is 2.04. The minimum atomic E-state index is -2.76. The van der Waals surface area contributed by atoms with E-state index in [1.165, 1.54) is 4.90 Å². The van der Waals surface area contributed by atoms with Crippen molar-refractivity contribution in [3.05, 3.63) is 35.4 Å². The molecule has 6 rings (SSSR count). The lowest BCUT2D eigenvalue weighted by atomic mass is 9.65. The van der Waals surface area contributed by atoms with E-state index in [-0.39, 0.29) is 23.1 Å². The van der Waals surface area contributed by atoms with Crippen LogP contribution in [0.1, 0.15) is 47.5 Å². The van der Waals surface area contributed by atoms with Crippen molar-refractivity contribution in [2.45, 2.75) is 37.5 Å². The molecule has 2 atom stereocenters. The summed E-state index contributed by atoms with van der Waals surface area (Å²) in [6.45, 7) is -0.991. The molecule has 26 heavy (non-hydrogen) atoms. The molecular formula is C20H22F2N2O2. The monoisotopic (exact) mass is 360 g/mol. The van der Waals surface area contributed by atoms with Gasteiger partial charge in [0.05, 0.1) is 18.5 Å². The highest BCUT2D eigenvalue weighted by molar-refractivity contribution is 5.96. The van der Waals surface area contributed by atoms with Crippen LogP contribution in [-0.2, 0) is 4.79 Å². The van der Waals surface area contributed by atoms with Crippen molar-refractivity contribution >= 4 is 11.8 Å². The van der Waals surface area contributed by atoms with Gasteiger partial charge in [-0.2, -0.15) is 0 Å². The van der Waals surface area contributed by atoms with Gasteiger partial charge >= 0.3 is 0 Å². The predicted molar refractivity (Wildman–Crippen MR) is 90.6 cm³/mol. The Morgan fingerprint density at radius 2 is 1.69 bits per heavy atom. The fourth-order valence-electron chi connectivity index (χ4n) is 6.45. The Kier molecular flexibility index (Phi) is 3.15. The van der Waals surface area contributed by atoms with Crippen LogP contribution in [0.4, 0.5) is 8.78 Å².